The van der Waals surface area contributed by atoms with Crippen molar-refractivity contribution in [1.82, 2.24) is 4.90 Å². The molecule has 23 heavy (non-hydrogen) atoms. The fourth-order valence-corrected chi connectivity index (χ4v) is 2.97. The van der Waals surface area contributed by atoms with E-state index in [4.69, 9.17) is 4.55 Å². The fourth-order valence-electron chi connectivity index (χ4n) is 2.64. The van der Waals surface area contributed by atoms with E-state index >= 15 is 0 Å². The van der Waals surface area contributed by atoms with Crippen molar-refractivity contribution in [2.45, 2.75) is 83.5 Å². The number of nitrogens with zero attached hydrogens (tertiary/aromatic N) is 1. The Bertz CT molecular complexity index is 345. The van der Waals surface area contributed by atoms with Gasteiger partial charge in [0.05, 0.1) is 6.61 Å². The normalized spacial score (nSPS) is 12.2. The van der Waals surface area contributed by atoms with Crippen molar-refractivity contribution in [3.8, 4) is 0 Å². The van der Waals surface area contributed by atoms with Crippen LogP contribution in [0.25, 0.3) is 0 Å². The topological polar surface area (TPSA) is 66.8 Å². The van der Waals surface area contributed by atoms with E-state index in [9.17, 15) is 8.42 Å². The lowest BCUT2D eigenvalue weighted by Crippen LogP contribution is -2.12. The summed E-state index contributed by atoms with van der Waals surface area (Å²) >= 11 is 0. The average Bonchev–Trinajstić information content (AvgIpc) is 2.45. The maximum atomic E-state index is 10.3. The number of hydrogen-bond acceptors (Lipinski definition) is 4. The molecule has 1 N–H and O–H groups in total. The van der Waals surface area contributed by atoms with Gasteiger partial charge in [0.2, 0.25) is 0 Å². The van der Waals surface area contributed by atoms with Gasteiger partial charge in [0, 0.05) is 0 Å². The van der Waals surface area contributed by atoms with Crippen LogP contribution >= 0.6 is 0 Å². The van der Waals surface area contributed by atoms with Gasteiger partial charge in [0.15, 0.2) is 0 Å². The molecule has 0 unspecified atom stereocenters. The van der Waals surface area contributed by atoms with E-state index in [1.807, 2.05) is 0 Å². The minimum absolute atomic E-state index is 0.0907. The molecule has 0 saturated heterocycles. The first kappa shape index (κ1) is 22.8. The molecular formula is C17H37NO4S. The van der Waals surface area contributed by atoms with Gasteiger partial charge in [-0.05, 0) is 33.5 Å². The second kappa shape index (κ2) is 15.4. The van der Waals surface area contributed by atoms with Crippen molar-refractivity contribution in [1.29, 1.82) is 0 Å². The third-order valence-corrected chi connectivity index (χ3v) is 4.45. The molecule has 0 aromatic carbocycles. The Morgan fingerprint density at radius 2 is 1.04 bits per heavy atom. The predicted molar refractivity (Wildman–Crippen MR) is 96.1 cm³/mol. The molecule has 0 amide bonds. The Labute approximate surface area is 143 Å². The maximum Gasteiger partial charge on any atom is 0.397 e. The largest absolute Gasteiger partial charge is 0.397 e. The summed E-state index contributed by atoms with van der Waals surface area (Å²) < 4.78 is 33.3. The summed E-state index contributed by atoms with van der Waals surface area (Å²) in [5.74, 6) is 0. The molecular weight excluding hydrogens is 314 g/mol. The summed E-state index contributed by atoms with van der Waals surface area (Å²) in [6.45, 7) is 1.30. The second-order valence-electron chi connectivity index (χ2n) is 6.65. The van der Waals surface area contributed by atoms with Crippen LogP contribution in [-0.2, 0) is 14.6 Å². The highest BCUT2D eigenvalue weighted by atomic mass is 32.3. The first-order valence-corrected chi connectivity index (χ1v) is 10.5. The Kier molecular flexibility index (Phi) is 15.2. The minimum atomic E-state index is -4.25. The van der Waals surface area contributed by atoms with Crippen LogP contribution in [0.15, 0.2) is 0 Å². The second-order valence-corrected chi connectivity index (χ2v) is 7.74. The third-order valence-electron chi connectivity index (χ3n) is 3.98. The van der Waals surface area contributed by atoms with Crippen LogP contribution in [-0.4, -0.2) is 45.1 Å². The van der Waals surface area contributed by atoms with Gasteiger partial charge < -0.3 is 4.90 Å². The molecule has 0 aliphatic carbocycles. The van der Waals surface area contributed by atoms with Crippen molar-refractivity contribution < 1.29 is 17.2 Å². The lowest BCUT2D eigenvalue weighted by Gasteiger charge is -2.08. The van der Waals surface area contributed by atoms with E-state index < -0.39 is 10.4 Å². The summed E-state index contributed by atoms with van der Waals surface area (Å²) in [4.78, 5) is 2.25. The van der Waals surface area contributed by atoms with Crippen molar-refractivity contribution in [3.63, 3.8) is 0 Å². The molecule has 0 heterocycles. The quantitative estimate of drug-likeness (QED) is 0.310. The number of unbranched alkanes of at least 4 members (excludes halogenated alkanes) is 12. The molecule has 5 nitrogen and oxygen atoms in total. The van der Waals surface area contributed by atoms with E-state index in [1.165, 1.54) is 70.8 Å². The first-order chi connectivity index (χ1) is 10.9. The lowest BCUT2D eigenvalue weighted by molar-refractivity contribution is 0.261. The smallest absolute Gasteiger partial charge is 0.309 e. The number of rotatable bonds is 17. The zero-order chi connectivity index (χ0) is 17.4. The monoisotopic (exact) mass is 351 g/mol. The predicted octanol–water partition coefficient (Wildman–Crippen LogP) is 4.44. The summed E-state index contributed by atoms with van der Waals surface area (Å²) in [7, 11) is 0.0165. The summed E-state index contributed by atoms with van der Waals surface area (Å²) in [5, 5.41) is 0. The zero-order valence-corrected chi connectivity index (χ0v) is 16.0. The average molecular weight is 352 g/mol. The van der Waals surface area contributed by atoms with Gasteiger partial charge in [-0.2, -0.15) is 8.42 Å². The van der Waals surface area contributed by atoms with E-state index in [1.54, 1.807) is 0 Å². The first-order valence-electron chi connectivity index (χ1n) is 9.18. The van der Waals surface area contributed by atoms with Crippen molar-refractivity contribution in [2.24, 2.45) is 0 Å². The fraction of sp³-hybridized carbons (Fsp3) is 1.00. The summed E-state index contributed by atoms with van der Waals surface area (Å²) in [6.07, 6.45) is 16.0. The SMILES string of the molecule is CN(C)CCCCCCCCCCCCCCCOS(=O)(=O)O. The Hall–Kier alpha value is -0.170. The van der Waals surface area contributed by atoms with E-state index in [2.05, 4.69) is 23.2 Å². The van der Waals surface area contributed by atoms with Crippen molar-refractivity contribution >= 4 is 10.4 Å². The lowest BCUT2D eigenvalue weighted by atomic mass is 10.0. The molecule has 0 aliphatic heterocycles. The third kappa shape index (κ3) is 21.8. The molecule has 0 aromatic rings. The van der Waals surface area contributed by atoms with Crippen LogP contribution in [0.4, 0.5) is 0 Å². The number of hydrogen-bond donors (Lipinski definition) is 1. The standard InChI is InChI=1S/C17H37NO4S/c1-18(2)16-14-12-10-8-6-4-3-5-7-9-11-13-15-17-22-23(19,20)21/h3-17H2,1-2H3,(H,19,20,21). The van der Waals surface area contributed by atoms with Gasteiger partial charge in [-0.15, -0.1) is 0 Å². The molecule has 0 saturated carbocycles. The molecule has 0 radical (unpaired) electrons. The molecule has 140 valence electrons. The van der Waals surface area contributed by atoms with Crippen LogP contribution in [0.1, 0.15) is 83.5 Å². The van der Waals surface area contributed by atoms with E-state index in [0.29, 0.717) is 6.42 Å². The zero-order valence-electron chi connectivity index (χ0n) is 15.1. The molecule has 0 aromatic heterocycles. The molecule has 0 rings (SSSR count). The van der Waals surface area contributed by atoms with Gasteiger partial charge in [0.25, 0.3) is 0 Å². The van der Waals surface area contributed by atoms with E-state index in [0.717, 1.165) is 12.8 Å². The van der Waals surface area contributed by atoms with Gasteiger partial charge in [-0.1, -0.05) is 70.6 Å². The molecule has 0 aliphatic rings. The van der Waals surface area contributed by atoms with Gasteiger partial charge in [-0.25, -0.2) is 4.18 Å². The molecule has 0 fully saturated rings. The maximum absolute atomic E-state index is 10.3. The highest BCUT2D eigenvalue weighted by Crippen LogP contribution is 2.12. The van der Waals surface area contributed by atoms with Crippen LogP contribution in [0.3, 0.4) is 0 Å². The van der Waals surface area contributed by atoms with Crippen molar-refractivity contribution in [3.05, 3.63) is 0 Å². The minimum Gasteiger partial charge on any atom is -0.309 e. The van der Waals surface area contributed by atoms with Gasteiger partial charge >= 0.3 is 10.4 Å². The highest BCUT2D eigenvalue weighted by molar-refractivity contribution is 7.80. The highest BCUT2D eigenvalue weighted by Gasteiger charge is 2.02. The van der Waals surface area contributed by atoms with Gasteiger partial charge in [0.1, 0.15) is 0 Å². The van der Waals surface area contributed by atoms with Crippen LogP contribution in [0, 0.1) is 0 Å². The molecule has 0 spiro atoms. The van der Waals surface area contributed by atoms with Crippen LogP contribution in [0.2, 0.25) is 0 Å². The van der Waals surface area contributed by atoms with Crippen LogP contribution in [0.5, 0.6) is 0 Å². The van der Waals surface area contributed by atoms with Crippen molar-refractivity contribution in [2.75, 3.05) is 27.2 Å². The molecule has 0 bridgehead atoms. The van der Waals surface area contributed by atoms with Gasteiger partial charge in [-0.3, -0.25) is 4.55 Å². The van der Waals surface area contributed by atoms with E-state index in [-0.39, 0.29) is 6.61 Å². The summed E-state index contributed by atoms with van der Waals surface area (Å²) in [5.41, 5.74) is 0. The molecule has 6 heteroatoms. The summed E-state index contributed by atoms with van der Waals surface area (Å²) in [6, 6.07) is 0. The Morgan fingerprint density at radius 1 is 0.696 bits per heavy atom. The molecule has 0 atom stereocenters. The Morgan fingerprint density at radius 3 is 1.39 bits per heavy atom. The Balaban J connectivity index is 3.05. The van der Waals surface area contributed by atoms with Crippen LogP contribution < -0.4 is 0 Å².